The van der Waals surface area contributed by atoms with Gasteiger partial charge in [-0.2, -0.15) is 0 Å². The Balaban J connectivity index is 1.84. The third-order valence-electron chi connectivity index (χ3n) is 2.95. The van der Waals surface area contributed by atoms with Crippen LogP contribution in [-0.2, 0) is 4.74 Å². The van der Waals surface area contributed by atoms with Crippen molar-refractivity contribution in [1.29, 1.82) is 0 Å². The first-order chi connectivity index (χ1) is 8.25. The summed E-state index contributed by atoms with van der Waals surface area (Å²) >= 11 is 0. The van der Waals surface area contributed by atoms with Crippen LogP contribution in [0, 0.1) is 5.92 Å². The fourth-order valence-corrected chi connectivity index (χ4v) is 1.99. The van der Waals surface area contributed by atoms with Crippen LogP contribution in [0.2, 0.25) is 0 Å². The number of hydrogen-bond acceptors (Lipinski definition) is 3. The molecule has 0 spiro atoms. The standard InChI is InChI=1S/C13H18N2O2/c14-12-5-1-4-11(7-12)13(16)15-8-10-3-2-6-17-9-10/h1,4-5,7,10H,2-3,6,8-9,14H2,(H,15,16). The number of amides is 1. The topological polar surface area (TPSA) is 64.4 Å². The number of nitrogen functional groups attached to an aromatic ring is 1. The second-order valence-corrected chi connectivity index (χ2v) is 4.42. The third kappa shape index (κ3) is 3.46. The molecular weight excluding hydrogens is 216 g/mol. The van der Waals surface area contributed by atoms with Gasteiger partial charge in [0.05, 0.1) is 6.61 Å². The van der Waals surface area contributed by atoms with Crippen molar-refractivity contribution in [3.8, 4) is 0 Å². The first-order valence-electron chi connectivity index (χ1n) is 5.97. The van der Waals surface area contributed by atoms with Crippen LogP contribution in [-0.4, -0.2) is 25.7 Å². The monoisotopic (exact) mass is 234 g/mol. The zero-order valence-electron chi connectivity index (χ0n) is 9.82. The molecule has 2 rings (SSSR count). The molecular formula is C13H18N2O2. The maximum Gasteiger partial charge on any atom is 0.251 e. The zero-order valence-corrected chi connectivity index (χ0v) is 9.82. The number of rotatable bonds is 3. The van der Waals surface area contributed by atoms with E-state index in [9.17, 15) is 4.79 Å². The highest BCUT2D eigenvalue weighted by atomic mass is 16.5. The number of benzene rings is 1. The van der Waals surface area contributed by atoms with E-state index >= 15 is 0 Å². The molecule has 0 radical (unpaired) electrons. The zero-order chi connectivity index (χ0) is 12.1. The maximum atomic E-state index is 11.8. The van der Waals surface area contributed by atoms with Crippen molar-refractivity contribution in [2.45, 2.75) is 12.8 Å². The van der Waals surface area contributed by atoms with E-state index in [1.54, 1.807) is 24.3 Å². The van der Waals surface area contributed by atoms with Gasteiger partial charge in [-0.15, -0.1) is 0 Å². The maximum absolute atomic E-state index is 11.8. The van der Waals surface area contributed by atoms with Crippen molar-refractivity contribution in [2.75, 3.05) is 25.5 Å². The van der Waals surface area contributed by atoms with Gasteiger partial charge in [-0.05, 0) is 37.0 Å². The second-order valence-electron chi connectivity index (χ2n) is 4.42. The van der Waals surface area contributed by atoms with E-state index in [2.05, 4.69) is 5.32 Å². The van der Waals surface area contributed by atoms with Gasteiger partial charge >= 0.3 is 0 Å². The molecule has 1 aliphatic rings. The van der Waals surface area contributed by atoms with Crippen molar-refractivity contribution in [2.24, 2.45) is 5.92 Å². The summed E-state index contributed by atoms with van der Waals surface area (Å²) in [6, 6.07) is 7.01. The lowest BCUT2D eigenvalue weighted by molar-refractivity contribution is 0.0536. The molecule has 0 saturated carbocycles. The summed E-state index contributed by atoms with van der Waals surface area (Å²) in [5.74, 6) is 0.372. The Morgan fingerprint density at radius 2 is 2.41 bits per heavy atom. The van der Waals surface area contributed by atoms with Crippen LogP contribution >= 0.6 is 0 Å². The van der Waals surface area contributed by atoms with E-state index in [0.717, 1.165) is 26.1 Å². The fraction of sp³-hybridized carbons (Fsp3) is 0.462. The minimum atomic E-state index is -0.0668. The molecule has 1 heterocycles. The highest BCUT2D eigenvalue weighted by molar-refractivity contribution is 5.94. The summed E-state index contributed by atoms with van der Waals surface area (Å²) in [5, 5.41) is 2.92. The highest BCUT2D eigenvalue weighted by Gasteiger charge is 2.15. The Kier molecular flexibility index (Phi) is 3.98. The van der Waals surface area contributed by atoms with E-state index in [4.69, 9.17) is 10.5 Å². The number of nitrogens with one attached hydrogen (secondary N) is 1. The Bertz CT molecular complexity index is 387. The molecule has 4 nitrogen and oxygen atoms in total. The molecule has 0 bridgehead atoms. The molecule has 0 aliphatic carbocycles. The molecule has 1 unspecified atom stereocenters. The van der Waals surface area contributed by atoms with Gasteiger partial charge in [0.15, 0.2) is 0 Å². The number of ether oxygens (including phenoxy) is 1. The van der Waals surface area contributed by atoms with Gasteiger partial charge in [-0.1, -0.05) is 6.07 Å². The molecule has 92 valence electrons. The van der Waals surface area contributed by atoms with Crippen LogP contribution in [0.25, 0.3) is 0 Å². The summed E-state index contributed by atoms with van der Waals surface area (Å²) in [5.41, 5.74) is 6.86. The van der Waals surface area contributed by atoms with Crippen LogP contribution in [0.5, 0.6) is 0 Å². The van der Waals surface area contributed by atoms with Crippen molar-refractivity contribution in [1.82, 2.24) is 5.32 Å². The molecule has 1 saturated heterocycles. The number of carbonyl (C=O) groups excluding carboxylic acids is 1. The first kappa shape index (κ1) is 11.9. The van der Waals surface area contributed by atoms with Gasteiger partial charge in [0.1, 0.15) is 0 Å². The average Bonchev–Trinajstić information content (AvgIpc) is 2.37. The Hall–Kier alpha value is -1.55. The van der Waals surface area contributed by atoms with Crippen LogP contribution < -0.4 is 11.1 Å². The summed E-state index contributed by atoms with van der Waals surface area (Å²) in [6.45, 7) is 2.27. The lowest BCUT2D eigenvalue weighted by atomic mass is 10.0. The van der Waals surface area contributed by atoms with Crippen LogP contribution in [0.1, 0.15) is 23.2 Å². The molecule has 17 heavy (non-hydrogen) atoms. The lowest BCUT2D eigenvalue weighted by Gasteiger charge is -2.22. The summed E-state index contributed by atoms with van der Waals surface area (Å²) in [6.07, 6.45) is 2.20. The summed E-state index contributed by atoms with van der Waals surface area (Å²) < 4.78 is 5.37. The molecule has 3 N–H and O–H groups in total. The molecule has 0 aromatic heterocycles. The quantitative estimate of drug-likeness (QED) is 0.777. The predicted molar refractivity (Wildman–Crippen MR) is 66.7 cm³/mol. The number of anilines is 1. The Labute approximate surface area is 101 Å². The molecule has 1 aliphatic heterocycles. The van der Waals surface area contributed by atoms with Crippen LogP contribution in [0.4, 0.5) is 5.69 Å². The fourth-order valence-electron chi connectivity index (χ4n) is 1.99. The number of carbonyl (C=O) groups is 1. The van der Waals surface area contributed by atoms with E-state index in [1.807, 2.05) is 0 Å². The van der Waals surface area contributed by atoms with Gasteiger partial charge < -0.3 is 15.8 Å². The lowest BCUT2D eigenvalue weighted by Crippen LogP contribution is -2.33. The molecule has 1 fully saturated rings. The average molecular weight is 234 g/mol. The predicted octanol–water partition coefficient (Wildman–Crippen LogP) is 1.43. The third-order valence-corrected chi connectivity index (χ3v) is 2.95. The molecule has 1 amide bonds. The van der Waals surface area contributed by atoms with Gasteiger partial charge in [-0.25, -0.2) is 0 Å². The van der Waals surface area contributed by atoms with Crippen molar-refractivity contribution < 1.29 is 9.53 Å². The van der Waals surface area contributed by atoms with Crippen LogP contribution in [0.3, 0.4) is 0 Å². The minimum absolute atomic E-state index is 0.0668. The first-order valence-corrected chi connectivity index (χ1v) is 5.97. The Morgan fingerprint density at radius 3 is 3.12 bits per heavy atom. The smallest absolute Gasteiger partial charge is 0.251 e. The summed E-state index contributed by atoms with van der Waals surface area (Å²) in [4.78, 5) is 11.8. The molecule has 1 atom stereocenters. The highest BCUT2D eigenvalue weighted by Crippen LogP contribution is 2.12. The van der Waals surface area contributed by atoms with Gasteiger partial charge in [-0.3, -0.25) is 4.79 Å². The van der Waals surface area contributed by atoms with Crippen molar-refractivity contribution in [3.63, 3.8) is 0 Å². The van der Waals surface area contributed by atoms with Gasteiger partial charge in [0, 0.05) is 24.4 Å². The van der Waals surface area contributed by atoms with Gasteiger partial charge in [0.2, 0.25) is 0 Å². The van der Waals surface area contributed by atoms with E-state index in [1.165, 1.54) is 0 Å². The number of hydrogen-bond donors (Lipinski definition) is 2. The van der Waals surface area contributed by atoms with Gasteiger partial charge in [0.25, 0.3) is 5.91 Å². The van der Waals surface area contributed by atoms with E-state index in [0.29, 0.717) is 23.7 Å². The van der Waals surface area contributed by atoms with E-state index < -0.39 is 0 Å². The molecule has 1 aromatic rings. The van der Waals surface area contributed by atoms with Crippen LogP contribution in [0.15, 0.2) is 24.3 Å². The largest absolute Gasteiger partial charge is 0.399 e. The van der Waals surface area contributed by atoms with Crippen molar-refractivity contribution >= 4 is 11.6 Å². The summed E-state index contributed by atoms with van der Waals surface area (Å²) in [7, 11) is 0. The van der Waals surface area contributed by atoms with E-state index in [-0.39, 0.29) is 5.91 Å². The second kappa shape index (κ2) is 5.68. The minimum Gasteiger partial charge on any atom is -0.399 e. The molecule has 1 aromatic carbocycles. The molecule has 4 heteroatoms. The number of nitrogens with two attached hydrogens (primary N) is 1. The SMILES string of the molecule is Nc1cccc(C(=O)NCC2CCCOC2)c1. The van der Waals surface area contributed by atoms with Crippen molar-refractivity contribution in [3.05, 3.63) is 29.8 Å². The normalized spacial score (nSPS) is 19.9. The Morgan fingerprint density at radius 1 is 1.53 bits per heavy atom.